The first-order chi connectivity index (χ1) is 10.8. The summed E-state index contributed by atoms with van der Waals surface area (Å²) in [4.78, 5) is 0. The highest BCUT2D eigenvalue weighted by atomic mass is 19.4. The quantitative estimate of drug-likeness (QED) is 0.877. The van der Waals surface area contributed by atoms with Crippen LogP contribution in [-0.4, -0.2) is 17.6 Å². The van der Waals surface area contributed by atoms with Crippen molar-refractivity contribution < 1.29 is 27.8 Å². The summed E-state index contributed by atoms with van der Waals surface area (Å²) < 4.78 is 46.9. The normalized spacial score (nSPS) is 11.6. The van der Waals surface area contributed by atoms with Crippen molar-refractivity contribution in [3.05, 3.63) is 48.0 Å². The SMILES string of the molecule is CC(C)Oc1cc(-c2ccccc2CO)ccc1OC(F)(F)F. The average Bonchev–Trinajstić information content (AvgIpc) is 2.47. The average molecular weight is 326 g/mol. The van der Waals surface area contributed by atoms with E-state index in [-0.39, 0.29) is 18.5 Å². The highest BCUT2D eigenvalue weighted by Crippen LogP contribution is 2.37. The molecule has 2 aromatic carbocycles. The zero-order valence-electron chi connectivity index (χ0n) is 12.7. The third-order valence-corrected chi connectivity index (χ3v) is 3.03. The van der Waals surface area contributed by atoms with Gasteiger partial charge >= 0.3 is 6.36 Å². The van der Waals surface area contributed by atoms with Gasteiger partial charge in [-0.1, -0.05) is 30.3 Å². The van der Waals surface area contributed by atoms with Crippen LogP contribution in [0.25, 0.3) is 11.1 Å². The number of hydrogen-bond donors (Lipinski definition) is 1. The molecule has 0 amide bonds. The largest absolute Gasteiger partial charge is 0.573 e. The molecular weight excluding hydrogens is 309 g/mol. The van der Waals surface area contributed by atoms with Gasteiger partial charge in [0.25, 0.3) is 0 Å². The van der Waals surface area contributed by atoms with Crippen molar-refractivity contribution in [1.29, 1.82) is 0 Å². The molecule has 2 rings (SSSR count). The first kappa shape index (κ1) is 17.1. The van der Waals surface area contributed by atoms with Crippen molar-refractivity contribution in [2.45, 2.75) is 32.9 Å². The zero-order valence-corrected chi connectivity index (χ0v) is 12.7. The van der Waals surface area contributed by atoms with Gasteiger partial charge in [0.2, 0.25) is 0 Å². The van der Waals surface area contributed by atoms with Crippen molar-refractivity contribution >= 4 is 0 Å². The lowest BCUT2D eigenvalue weighted by Crippen LogP contribution is -2.18. The highest BCUT2D eigenvalue weighted by Gasteiger charge is 2.32. The van der Waals surface area contributed by atoms with E-state index in [9.17, 15) is 18.3 Å². The van der Waals surface area contributed by atoms with Crippen LogP contribution in [-0.2, 0) is 6.61 Å². The van der Waals surface area contributed by atoms with Crippen LogP contribution in [0.4, 0.5) is 13.2 Å². The second-order valence-corrected chi connectivity index (χ2v) is 5.19. The highest BCUT2D eigenvalue weighted by molar-refractivity contribution is 5.70. The minimum absolute atomic E-state index is 0.00238. The van der Waals surface area contributed by atoms with Crippen LogP contribution in [0.15, 0.2) is 42.5 Å². The van der Waals surface area contributed by atoms with Crippen molar-refractivity contribution in [2.75, 3.05) is 0 Å². The molecule has 0 heterocycles. The number of alkyl halides is 3. The van der Waals surface area contributed by atoms with Crippen molar-refractivity contribution in [3.8, 4) is 22.6 Å². The lowest BCUT2D eigenvalue weighted by molar-refractivity contribution is -0.275. The maximum absolute atomic E-state index is 12.5. The lowest BCUT2D eigenvalue weighted by atomic mass is 10.00. The van der Waals surface area contributed by atoms with Crippen LogP contribution in [0.1, 0.15) is 19.4 Å². The molecule has 3 nitrogen and oxygen atoms in total. The van der Waals surface area contributed by atoms with Gasteiger partial charge in [0.1, 0.15) is 0 Å². The molecule has 6 heteroatoms. The van der Waals surface area contributed by atoms with Crippen LogP contribution in [0, 0.1) is 0 Å². The molecule has 0 saturated carbocycles. The Kier molecular flexibility index (Phi) is 5.15. The second kappa shape index (κ2) is 6.91. The van der Waals surface area contributed by atoms with Gasteiger partial charge < -0.3 is 14.6 Å². The van der Waals surface area contributed by atoms with E-state index in [4.69, 9.17) is 4.74 Å². The molecule has 0 aliphatic rings. The molecule has 0 bridgehead atoms. The predicted octanol–water partition coefficient (Wildman–Crippen LogP) is 4.53. The van der Waals surface area contributed by atoms with Gasteiger partial charge in [-0.05, 0) is 42.7 Å². The topological polar surface area (TPSA) is 38.7 Å². The van der Waals surface area contributed by atoms with Crippen LogP contribution in [0.2, 0.25) is 0 Å². The third kappa shape index (κ3) is 4.63. The van der Waals surface area contributed by atoms with E-state index in [1.54, 1.807) is 38.1 Å². The van der Waals surface area contributed by atoms with E-state index in [2.05, 4.69) is 4.74 Å². The number of ether oxygens (including phenoxy) is 2. The summed E-state index contributed by atoms with van der Waals surface area (Å²) in [5.74, 6) is -0.390. The van der Waals surface area contributed by atoms with Gasteiger partial charge in [-0.15, -0.1) is 13.2 Å². The van der Waals surface area contributed by atoms with E-state index in [1.165, 1.54) is 18.2 Å². The second-order valence-electron chi connectivity index (χ2n) is 5.19. The molecule has 0 aliphatic carbocycles. The van der Waals surface area contributed by atoms with Crippen molar-refractivity contribution in [1.82, 2.24) is 0 Å². The number of aliphatic hydroxyl groups is 1. The fourth-order valence-electron chi connectivity index (χ4n) is 2.17. The van der Waals surface area contributed by atoms with Gasteiger partial charge in [-0.25, -0.2) is 0 Å². The molecule has 0 aliphatic heterocycles. The summed E-state index contributed by atoms with van der Waals surface area (Å²) in [6.45, 7) is 3.26. The fraction of sp³-hybridized carbons (Fsp3) is 0.294. The minimum atomic E-state index is -4.79. The molecule has 124 valence electrons. The Bertz CT molecular complexity index is 666. The maximum Gasteiger partial charge on any atom is 0.573 e. The Morgan fingerprint density at radius 2 is 1.74 bits per heavy atom. The molecule has 0 atom stereocenters. The van der Waals surface area contributed by atoms with E-state index < -0.39 is 12.1 Å². The number of hydrogen-bond acceptors (Lipinski definition) is 3. The molecule has 23 heavy (non-hydrogen) atoms. The summed E-state index contributed by atoms with van der Waals surface area (Å²) >= 11 is 0. The first-order valence-corrected chi connectivity index (χ1v) is 7.05. The molecular formula is C17H17F3O3. The monoisotopic (exact) mass is 326 g/mol. The molecule has 0 fully saturated rings. The third-order valence-electron chi connectivity index (χ3n) is 3.03. The Labute approximate surface area is 132 Å². The Balaban J connectivity index is 2.47. The van der Waals surface area contributed by atoms with Crippen LogP contribution < -0.4 is 9.47 Å². The molecule has 0 radical (unpaired) electrons. The molecule has 0 unspecified atom stereocenters. The van der Waals surface area contributed by atoms with Crippen LogP contribution in [0.3, 0.4) is 0 Å². The van der Waals surface area contributed by atoms with Gasteiger partial charge in [0.15, 0.2) is 11.5 Å². The number of rotatable bonds is 5. The van der Waals surface area contributed by atoms with Crippen molar-refractivity contribution in [3.63, 3.8) is 0 Å². The molecule has 0 spiro atoms. The van der Waals surface area contributed by atoms with E-state index in [0.29, 0.717) is 11.1 Å². The van der Waals surface area contributed by atoms with Gasteiger partial charge in [-0.3, -0.25) is 0 Å². The van der Waals surface area contributed by atoms with E-state index in [1.807, 2.05) is 0 Å². The summed E-state index contributed by atoms with van der Waals surface area (Å²) in [5, 5.41) is 9.40. The van der Waals surface area contributed by atoms with E-state index in [0.717, 1.165) is 5.56 Å². The summed E-state index contributed by atoms with van der Waals surface area (Å²) in [5.41, 5.74) is 2.04. The molecule has 2 aromatic rings. The predicted molar refractivity (Wildman–Crippen MR) is 80.2 cm³/mol. The number of halogens is 3. The summed E-state index contributed by atoms with van der Waals surface area (Å²) in [7, 11) is 0. The smallest absolute Gasteiger partial charge is 0.487 e. The Hall–Kier alpha value is -2.21. The first-order valence-electron chi connectivity index (χ1n) is 7.05. The van der Waals surface area contributed by atoms with Crippen LogP contribution in [0.5, 0.6) is 11.5 Å². The summed E-state index contributed by atoms with van der Waals surface area (Å²) in [6, 6.07) is 11.3. The number of aliphatic hydroxyl groups excluding tert-OH is 1. The summed E-state index contributed by atoms with van der Waals surface area (Å²) in [6.07, 6.45) is -5.10. The molecule has 0 aromatic heterocycles. The maximum atomic E-state index is 12.5. The number of benzene rings is 2. The fourth-order valence-corrected chi connectivity index (χ4v) is 2.17. The van der Waals surface area contributed by atoms with Gasteiger partial charge in [0, 0.05) is 0 Å². The Morgan fingerprint density at radius 3 is 2.35 bits per heavy atom. The lowest BCUT2D eigenvalue weighted by Gasteiger charge is -2.18. The van der Waals surface area contributed by atoms with Crippen molar-refractivity contribution in [2.24, 2.45) is 0 Å². The standard InChI is InChI=1S/C17H17F3O3/c1-11(2)22-16-9-12(7-8-15(16)23-17(18,19)20)14-6-4-3-5-13(14)10-21/h3-9,11,21H,10H2,1-2H3. The minimum Gasteiger partial charge on any atom is -0.487 e. The van der Waals surface area contributed by atoms with Crippen LogP contribution >= 0.6 is 0 Å². The zero-order chi connectivity index (χ0) is 17.0. The molecule has 1 N–H and O–H groups in total. The van der Waals surface area contributed by atoms with Gasteiger partial charge in [0.05, 0.1) is 12.7 Å². The van der Waals surface area contributed by atoms with E-state index >= 15 is 0 Å². The molecule has 0 saturated heterocycles. The Morgan fingerprint density at radius 1 is 1.04 bits per heavy atom. The van der Waals surface area contributed by atoms with Gasteiger partial charge in [-0.2, -0.15) is 0 Å².